The summed E-state index contributed by atoms with van der Waals surface area (Å²) >= 11 is 0. The quantitative estimate of drug-likeness (QED) is 0.370. The Morgan fingerprint density at radius 2 is 2.04 bits per heavy atom. The van der Waals surface area contributed by atoms with E-state index in [0.29, 0.717) is 22.5 Å². The molecule has 0 saturated carbocycles. The number of hydrogen-bond acceptors (Lipinski definition) is 7. The van der Waals surface area contributed by atoms with E-state index in [2.05, 4.69) is 10.5 Å². The van der Waals surface area contributed by atoms with Crippen LogP contribution in [0.1, 0.15) is 25.3 Å². The van der Waals surface area contributed by atoms with Crippen molar-refractivity contribution in [2.24, 2.45) is 5.10 Å². The largest absolute Gasteiger partial charge is 0.460 e. The fourth-order valence-corrected chi connectivity index (χ4v) is 2.57. The van der Waals surface area contributed by atoms with Gasteiger partial charge in [-0.3, -0.25) is 15.5 Å². The van der Waals surface area contributed by atoms with Gasteiger partial charge < -0.3 is 9.47 Å². The standard InChI is InChI=1S/C16H19N3O5/c1-10-14(12-6-4-5-7-13(12)19(21)22)15(11(2)18-17-10)16(20)24-9-8-23-3/h4-7,14,18H,8-9H2,1-3H3. The summed E-state index contributed by atoms with van der Waals surface area (Å²) in [6.45, 7) is 3.77. The Balaban J connectivity index is 2.45. The minimum atomic E-state index is -0.636. The zero-order chi connectivity index (χ0) is 17.7. The smallest absolute Gasteiger partial charge is 0.336 e. The predicted molar refractivity (Wildman–Crippen MR) is 87.6 cm³/mol. The van der Waals surface area contributed by atoms with Gasteiger partial charge in [-0.1, -0.05) is 18.2 Å². The third-order valence-electron chi connectivity index (χ3n) is 3.70. The van der Waals surface area contributed by atoms with Gasteiger partial charge in [-0.05, 0) is 13.8 Å². The number of nitrogens with zero attached hydrogens (tertiary/aromatic N) is 2. The van der Waals surface area contributed by atoms with E-state index in [-0.39, 0.29) is 18.9 Å². The molecule has 1 unspecified atom stereocenters. The molecule has 24 heavy (non-hydrogen) atoms. The van der Waals surface area contributed by atoms with E-state index in [4.69, 9.17) is 9.47 Å². The molecule has 1 atom stereocenters. The highest BCUT2D eigenvalue weighted by Crippen LogP contribution is 2.36. The second-order valence-corrected chi connectivity index (χ2v) is 5.28. The maximum atomic E-state index is 12.5. The first-order chi connectivity index (χ1) is 11.5. The topological polar surface area (TPSA) is 103 Å². The molecule has 128 valence electrons. The van der Waals surface area contributed by atoms with Gasteiger partial charge in [-0.2, -0.15) is 5.10 Å². The highest BCUT2D eigenvalue weighted by molar-refractivity contribution is 6.04. The molecule has 1 heterocycles. The summed E-state index contributed by atoms with van der Waals surface area (Å²) in [5.74, 6) is -1.18. The normalized spacial score (nSPS) is 17.1. The zero-order valence-corrected chi connectivity index (χ0v) is 13.7. The van der Waals surface area contributed by atoms with Crippen LogP contribution < -0.4 is 5.43 Å². The van der Waals surface area contributed by atoms with Crippen molar-refractivity contribution in [3.05, 3.63) is 51.2 Å². The molecule has 0 radical (unpaired) electrons. The first kappa shape index (κ1) is 17.6. The minimum absolute atomic E-state index is 0.0612. The Morgan fingerprint density at radius 3 is 2.71 bits per heavy atom. The molecule has 0 fully saturated rings. The van der Waals surface area contributed by atoms with E-state index in [1.54, 1.807) is 32.0 Å². The Hall–Kier alpha value is -2.74. The summed E-state index contributed by atoms with van der Waals surface area (Å²) < 4.78 is 10.1. The van der Waals surface area contributed by atoms with Gasteiger partial charge in [0, 0.05) is 30.1 Å². The fraction of sp³-hybridized carbons (Fsp3) is 0.375. The molecule has 1 aromatic rings. The first-order valence-corrected chi connectivity index (χ1v) is 7.37. The van der Waals surface area contributed by atoms with Crippen molar-refractivity contribution in [3.8, 4) is 0 Å². The average Bonchev–Trinajstić information content (AvgIpc) is 2.56. The van der Waals surface area contributed by atoms with Gasteiger partial charge in [0.25, 0.3) is 5.69 Å². The first-order valence-electron chi connectivity index (χ1n) is 7.37. The summed E-state index contributed by atoms with van der Waals surface area (Å²) in [5, 5.41) is 15.5. The number of nitrogens with one attached hydrogen (secondary N) is 1. The lowest BCUT2D eigenvalue weighted by molar-refractivity contribution is -0.385. The van der Waals surface area contributed by atoms with Crippen LogP contribution in [0.25, 0.3) is 0 Å². The maximum Gasteiger partial charge on any atom is 0.336 e. The third kappa shape index (κ3) is 3.60. The molecule has 8 heteroatoms. The molecule has 0 saturated heterocycles. The Labute approximate surface area is 139 Å². The van der Waals surface area contributed by atoms with Crippen LogP contribution in [0, 0.1) is 10.1 Å². The van der Waals surface area contributed by atoms with Crippen LogP contribution in [0.15, 0.2) is 40.6 Å². The van der Waals surface area contributed by atoms with Gasteiger partial charge in [0.05, 0.1) is 23.0 Å². The van der Waals surface area contributed by atoms with Crippen LogP contribution in [0.2, 0.25) is 0 Å². The van der Waals surface area contributed by atoms with Crippen LogP contribution >= 0.6 is 0 Å². The van der Waals surface area contributed by atoms with Gasteiger partial charge in [-0.15, -0.1) is 0 Å². The van der Waals surface area contributed by atoms with Crippen LogP contribution in [-0.4, -0.2) is 36.9 Å². The number of esters is 1. The van der Waals surface area contributed by atoms with Gasteiger partial charge in [0.15, 0.2) is 0 Å². The number of nitro groups is 1. The number of allylic oxidation sites excluding steroid dienone is 1. The van der Waals surface area contributed by atoms with Gasteiger partial charge in [0.1, 0.15) is 6.61 Å². The van der Waals surface area contributed by atoms with Crippen LogP contribution in [0.4, 0.5) is 5.69 Å². The Bertz CT molecular complexity index is 711. The van der Waals surface area contributed by atoms with E-state index in [1.165, 1.54) is 13.2 Å². The fourth-order valence-electron chi connectivity index (χ4n) is 2.57. The lowest BCUT2D eigenvalue weighted by Crippen LogP contribution is -2.30. The van der Waals surface area contributed by atoms with Crippen molar-refractivity contribution < 1.29 is 19.2 Å². The molecule has 0 spiro atoms. The summed E-state index contributed by atoms with van der Waals surface area (Å²) in [6.07, 6.45) is 0. The number of methoxy groups -OCH3 is 1. The molecular formula is C16H19N3O5. The Kier molecular flexibility index (Phi) is 5.64. The molecular weight excluding hydrogens is 314 g/mol. The molecule has 8 nitrogen and oxygen atoms in total. The molecule has 0 amide bonds. The van der Waals surface area contributed by atoms with Crippen molar-refractivity contribution in [1.82, 2.24) is 5.43 Å². The third-order valence-corrected chi connectivity index (χ3v) is 3.70. The zero-order valence-electron chi connectivity index (χ0n) is 13.7. The van der Waals surface area contributed by atoms with E-state index in [0.717, 1.165) is 0 Å². The highest BCUT2D eigenvalue weighted by Gasteiger charge is 2.35. The molecule has 1 aromatic carbocycles. The lowest BCUT2D eigenvalue weighted by atomic mass is 9.84. The molecule has 1 N–H and O–H groups in total. The number of hydrogen-bond donors (Lipinski definition) is 1. The molecule has 0 bridgehead atoms. The van der Waals surface area contributed by atoms with Gasteiger partial charge in [0.2, 0.25) is 0 Å². The molecule has 1 aliphatic rings. The summed E-state index contributed by atoms with van der Waals surface area (Å²) in [4.78, 5) is 23.4. The summed E-state index contributed by atoms with van der Waals surface area (Å²) in [6, 6.07) is 6.32. The van der Waals surface area contributed by atoms with Crippen LogP contribution in [0.3, 0.4) is 0 Å². The van der Waals surface area contributed by atoms with Gasteiger partial charge in [-0.25, -0.2) is 4.79 Å². The Morgan fingerprint density at radius 1 is 1.33 bits per heavy atom. The second kappa shape index (κ2) is 7.69. The van der Waals surface area contributed by atoms with Crippen molar-refractivity contribution >= 4 is 17.4 Å². The number of nitro benzene ring substituents is 1. The van der Waals surface area contributed by atoms with Crippen molar-refractivity contribution in [3.63, 3.8) is 0 Å². The number of ether oxygens (including phenoxy) is 2. The average molecular weight is 333 g/mol. The number of carbonyl (C=O) groups is 1. The van der Waals surface area contributed by atoms with E-state index in [9.17, 15) is 14.9 Å². The maximum absolute atomic E-state index is 12.5. The predicted octanol–water partition coefficient (Wildman–Crippen LogP) is 2.12. The van der Waals surface area contributed by atoms with E-state index in [1.807, 2.05) is 0 Å². The number of benzene rings is 1. The van der Waals surface area contributed by atoms with Gasteiger partial charge >= 0.3 is 5.97 Å². The van der Waals surface area contributed by atoms with E-state index < -0.39 is 16.8 Å². The molecule has 1 aliphatic heterocycles. The molecule has 2 rings (SSSR count). The molecule has 0 aliphatic carbocycles. The summed E-state index contributed by atoms with van der Waals surface area (Å²) in [7, 11) is 1.51. The van der Waals surface area contributed by atoms with Crippen molar-refractivity contribution in [2.75, 3.05) is 20.3 Å². The monoisotopic (exact) mass is 333 g/mol. The number of para-hydroxylation sites is 1. The highest BCUT2D eigenvalue weighted by atomic mass is 16.6. The van der Waals surface area contributed by atoms with E-state index >= 15 is 0 Å². The second-order valence-electron chi connectivity index (χ2n) is 5.28. The van der Waals surface area contributed by atoms with Crippen LogP contribution in [0.5, 0.6) is 0 Å². The number of rotatable bonds is 6. The lowest BCUT2D eigenvalue weighted by Gasteiger charge is -2.25. The summed E-state index contributed by atoms with van der Waals surface area (Å²) in [5.41, 5.74) is 4.48. The SMILES string of the molecule is COCCOC(=O)C1=C(C)NN=C(C)C1c1ccccc1[N+](=O)[O-]. The number of hydrazone groups is 1. The molecule has 0 aromatic heterocycles. The van der Waals surface area contributed by atoms with Crippen molar-refractivity contribution in [2.45, 2.75) is 19.8 Å². The van der Waals surface area contributed by atoms with Crippen molar-refractivity contribution in [1.29, 1.82) is 0 Å². The number of carbonyl (C=O) groups excluding carboxylic acids is 1. The van der Waals surface area contributed by atoms with Crippen LogP contribution in [-0.2, 0) is 14.3 Å². The minimum Gasteiger partial charge on any atom is -0.460 e.